The Morgan fingerprint density at radius 2 is 2.35 bits per heavy atom. The zero-order valence-electron chi connectivity index (χ0n) is 13.4. The number of nitrogens with zero attached hydrogens (tertiary/aromatic N) is 4. The van der Waals surface area contributed by atoms with E-state index >= 15 is 0 Å². The van der Waals surface area contributed by atoms with Gasteiger partial charge in [-0.15, -0.1) is 6.58 Å². The molecular formula is C17H22N4O2. The largest absolute Gasteiger partial charge is 0.377 e. The van der Waals surface area contributed by atoms with Gasteiger partial charge in [0.2, 0.25) is 0 Å². The molecule has 23 heavy (non-hydrogen) atoms. The Bertz CT molecular complexity index is 688. The summed E-state index contributed by atoms with van der Waals surface area (Å²) in [7, 11) is 1.89. The molecule has 3 heterocycles. The highest BCUT2D eigenvalue weighted by Gasteiger charge is 2.27. The van der Waals surface area contributed by atoms with Crippen LogP contribution in [0.2, 0.25) is 0 Å². The third-order valence-electron chi connectivity index (χ3n) is 4.11. The molecule has 0 N–H and O–H groups in total. The number of amides is 1. The van der Waals surface area contributed by atoms with Gasteiger partial charge in [0.15, 0.2) is 0 Å². The lowest BCUT2D eigenvalue weighted by Gasteiger charge is -2.24. The van der Waals surface area contributed by atoms with Crippen LogP contribution in [0.4, 0.5) is 0 Å². The second kappa shape index (κ2) is 6.83. The molecule has 2 aromatic heterocycles. The fraction of sp³-hybridized carbons (Fsp3) is 0.412. The van der Waals surface area contributed by atoms with Crippen LogP contribution in [0.1, 0.15) is 16.3 Å². The van der Waals surface area contributed by atoms with E-state index in [4.69, 9.17) is 4.74 Å². The second-order valence-electron chi connectivity index (χ2n) is 5.88. The van der Waals surface area contributed by atoms with Gasteiger partial charge in [-0.3, -0.25) is 4.79 Å². The molecule has 1 amide bonds. The van der Waals surface area contributed by atoms with Gasteiger partial charge >= 0.3 is 0 Å². The van der Waals surface area contributed by atoms with Gasteiger partial charge in [0, 0.05) is 44.6 Å². The van der Waals surface area contributed by atoms with Gasteiger partial charge in [-0.05, 0) is 12.1 Å². The van der Waals surface area contributed by atoms with E-state index in [9.17, 15) is 4.79 Å². The Morgan fingerprint density at radius 3 is 3.09 bits per heavy atom. The number of carbonyl (C=O) groups excluding carboxylic acids is 1. The molecule has 6 heteroatoms. The van der Waals surface area contributed by atoms with Crippen LogP contribution in [-0.4, -0.2) is 44.7 Å². The Kier molecular flexibility index (Phi) is 4.62. The Hall–Kier alpha value is -2.34. The summed E-state index contributed by atoms with van der Waals surface area (Å²) in [5.41, 5.74) is 0.691. The van der Waals surface area contributed by atoms with Crippen molar-refractivity contribution >= 4 is 5.91 Å². The average molecular weight is 314 g/mol. The smallest absolute Gasteiger partial charge is 0.270 e. The second-order valence-corrected chi connectivity index (χ2v) is 5.88. The molecule has 3 rings (SSSR count). The van der Waals surface area contributed by atoms with E-state index in [1.807, 2.05) is 41.0 Å². The lowest BCUT2D eigenvalue weighted by atomic mass is 10.1. The number of ether oxygens (including phenoxy) is 1. The van der Waals surface area contributed by atoms with E-state index < -0.39 is 0 Å². The molecule has 6 nitrogen and oxygen atoms in total. The standard InChI is InChI=1S/C17H22N4O2/c1-3-9-23-13-14-10-20-8-6-18-16(20)12-21(11-14)17(22)15-5-4-7-19(15)2/h3-8,14H,1,9-13H2,2H3/t14-/m0/s1. The van der Waals surface area contributed by atoms with Crippen LogP contribution in [-0.2, 0) is 24.9 Å². The lowest BCUT2D eigenvalue weighted by Crippen LogP contribution is -2.36. The van der Waals surface area contributed by atoms with Crippen molar-refractivity contribution in [2.45, 2.75) is 13.1 Å². The third kappa shape index (κ3) is 3.37. The van der Waals surface area contributed by atoms with Crippen molar-refractivity contribution in [1.29, 1.82) is 0 Å². The predicted molar refractivity (Wildman–Crippen MR) is 86.9 cm³/mol. The molecule has 1 aliphatic heterocycles. The molecule has 0 saturated carbocycles. The third-order valence-corrected chi connectivity index (χ3v) is 4.11. The van der Waals surface area contributed by atoms with E-state index in [1.54, 1.807) is 12.3 Å². The topological polar surface area (TPSA) is 52.3 Å². The Balaban J connectivity index is 1.80. The van der Waals surface area contributed by atoms with Crippen molar-refractivity contribution in [1.82, 2.24) is 19.0 Å². The van der Waals surface area contributed by atoms with E-state index in [1.165, 1.54) is 0 Å². The molecular weight excluding hydrogens is 292 g/mol. The van der Waals surface area contributed by atoms with Gasteiger partial charge in [0.25, 0.3) is 5.91 Å². The maximum Gasteiger partial charge on any atom is 0.270 e. The number of rotatable bonds is 5. The normalized spacial score (nSPS) is 17.6. The molecule has 1 atom stereocenters. The summed E-state index contributed by atoms with van der Waals surface area (Å²) in [6.07, 6.45) is 7.38. The molecule has 1 aliphatic rings. The first-order valence-electron chi connectivity index (χ1n) is 7.78. The molecule has 2 aromatic rings. The van der Waals surface area contributed by atoms with Crippen LogP contribution in [0.15, 0.2) is 43.4 Å². The molecule has 0 aromatic carbocycles. The van der Waals surface area contributed by atoms with E-state index in [2.05, 4.69) is 16.1 Å². The van der Waals surface area contributed by atoms with Gasteiger partial charge in [0.1, 0.15) is 11.5 Å². The number of carbonyl (C=O) groups is 1. The first-order chi connectivity index (χ1) is 11.2. The summed E-state index contributed by atoms with van der Waals surface area (Å²) in [6, 6.07) is 3.74. The van der Waals surface area contributed by atoms with E-state index in [0.717, 1.165) is 12.4 Å². The number of hydrogen-bond acceptors (Lipinski definition) is 3. The van der Waals surface area contributed by atoms with E-state index in [-0.39, 0.29) is 11.8 Å². The van der Waals surface area contributed by atoms with Gasteiger partial charge in [-0.25, -0.2) is 4.98 Å². The van der Waals surface area contributed by atoms with Gasteiger partial charge < -0.3 is 18.8 Å². The summed E-state index contributed by atoms with van der Waals surface area (Å²) in [5.74, 6) is 1.18. The quantitative estimate of drug-likeness (QED) is 0.623. The highest BCUT2D eigenvalue weighted by Crippen LogP contribution is 2.18. The lowest BCUT2D eigenvalue weighted by molar-refractivity contribution is 0.0629. The number of aryl methyl sites for hydroxylation is 1. The van der Waals surface area contributed by atoms with Crippen LogP contribution in [0.25, 0.3) is 0 Å². The SMILES string of the molecule is C=CCOC[C@@H]1CN(C(=O)c2cccn2C)Cc2nccn2C1. The molecule has 122 valence electrons. The molecule has 0 bridgehead atoms. The number of imidazole rings is 1. The summed E-state index contributed by atoms with van der Waals surface area (Å²) < 4.78 is 9.58. The van der Waals surface area contributed by atoms with Crippen LogP contribution in [0.3, 0.4) is 0 Å². The minimum Gasteiger partial charge on any atom is -0.377 e. The molecule has 0 spiro atoms. The number of hydrogen-bond donors (Lipinski definition) is 0. The highest BCUT2D eigenvalue weighted by atomic mass is 16.5. The molecule has 0 unspecified atom stereocenters. The Morgan fingerprint density at radius 1 is 1.48 bits per heavy atom. The highest BCUT2D eigenvalue weighted by molar-refractivity contribution is 5.92. The molecule has 0 saturated heterocycles. The first-order valence-corrected chi connectivity index (χ1v) is 7.78. The zero-order valence-corrected chi connectivity index (χ0v) is 13.4. The zero-order chi connectivity index (χ0) is 16.2. The average Bonchev–Trinajstić information content (AvgIpc) is 3.11. The first kappa shape index (κ1) is 15.6. The molecule has 0 aliphatic carbocycles. The van der Waals surface area contributed by atoms with Gasteiger partial charge in [-0.2, -0.15) is 0 Å². The maximum absolute atomic E-state index is 12.9. The van der Waals surface area contributed by atoms with Crippen molar-refractivity contribution in [2.24, 2.45) is 13.0 Å². The summed E-state index contributed by atoms with van der Waals surface area (Å²) in [6.45, 7) is 6.78. The number of aromatic nitrogens is 3. The van der Waals surface area contributed by atoms with Crippen LogP contribution < -0.4 is 0 Å². The number of fused-ring (bicyclic) bond motifs is 1. The maximum atomic E-state index is 12.9. The molecule has 0 fully saturated rings. The van der Waals surface area contributed by atoms with E-state index in [0.29, 0.717) is 32.0 Å². The van der Waals surface area contributed by atoms with Gasteiger partial charge in [-0.1, -0.05) is 6.08 Å². The van der Waals surface area contributed by atoms with Crippen molar-refractivity contribution in [3.63, 3.8) is 0 Å². The summed E-state index contributed by atoms with van der Waals surface area (Å²) in [5, 5.41) is 0. The minimum atomic E-state index is 0.0303. The Labute approximate surface area is 136 Å². The fourth-order valence-electron chi connectivity index (χ4n) is 2.96. The fourth-order valence-corrected chi connectivity index (χ4v) is 2.96. The summed E-state index contributed by atoms with van der Waals surface area (Å²) >= 11 is 0. The van der Waals surface area contributed by atoms with Crippen molar-refractivity contribution in [3.05, 3.63) is 54.9 Å². The van der Waals surface area contributed by atoms with Crippen LogP contribution in [0.5, 0.6) is 0 Å². The predicted octanol–water partition coefficient (Wildman–Crippen LogP) is 1.70. The van der Waals surface area contributed by atoms with Crippen molar-refractivity contribution in [2.75, 3.05) is 19.8 Å². The van der Waals surface area contributed by atoms with Crippen LogP contribution >= 0.6 is 0 Å². The van der Waals surface area contributed by atoms with Crippen molar-refractivity contribution in [3.8, 4) is 0 Å². The van der Waals surface area contributed by atoms with Crippen molar-refractivity contribution < 1.29 is 9.53 Å². The van der Waals surface area contributed by atoms with Crippen LogP contribution in [0, 0.1) is 5.92 Å². The van der Waals surface area contributed by atoms with Gasteiger partial charge in [0.05, 0.1) is 19.8 Å². The monoisotopic (exact) mass is 314 g/mol. The molecule has 0 radical (unpaired) electrons. The summed E-state index contributed by atoms with van der Waals surface area (Å²) in [4.78, 5) is 19.1. The minimum absolute atomic E-state index is 0.0303.